The Morgan fingerprint density at radius 1 is 1.17 bits per heavy atom. The Morgan fingerprint density at radius 3 is 2.48 bits per heavy atom. The van der Waals surface area contributed by atoms with Crippen molar-refractivity contribution in [3.8, 4) is 0 Å². The van der Waals surface area contributed by atoms with Crippen LogP contribution >= 0.6 is 0 Å². The number of rotatable bonds is 5. The summed E-state index contributed by atoms with van der Waals surface area (Å²) in [6.45, 7) is 0. The van der Waals surface area contributed by atoms with Gasteiger partial charge in [0.25, 0.3) is 0 Å². The van der Waals surface area contributed by atoms with E-state index in [9.17, 15) is 17.6 Å². The van der Waals surface area contributed by atoms with Gasteiger partial charge in [0.1, 0.15) is 5.82 Å². The zero-order valence-corrected chi connectivity index (χ0v) is 12.9. The van der Waals surface area contributed by atoms with E-state index in [1.54, 1.807) is 36.4 Å². The summed E-state index contributed by atoms with van der Waals surface area (Å²) in [5.74, 6) is -1.02. The van der Waals surface area contributed by atoms with Gasteiger partial charge in [-0.2, -0.15) is 0 Å². The predicted molar refractivity (Wildman–Crippen MR) is 87.3 cm³/mol. The van der Waals surface area contributed by atoms with Crippen molar-refractivity contribution in [2.75, 3.05) is 5.32 Å². The van der Waals surface area contributed by atoms with E-state index in [2.05, 4.69) is 5.32 Å². The molecule has 0 fully saturated rings. The topological polar surface area (TPSA) is 89.3 Å². The lowest BCUT2D eigenvalue weighted by Crippen LogP contribution is -2.14. The molecule has 2 aromatic carbocycles. The molecule has 1 amide bonds. The monoisotopic (exact) mass is 334 g/mol. The van der Waals surface area contributed by atoms with E-state index in [1.807, 2.05) is 0 Å². The summed E-state index contributed by atoms with van der Waals surface area (Å²) in [6.07, 6.45) is 2.78. The van der Waals surface area contributed by atoms with Gasteiger partial charge in [-0.3, -0.25) is 4.79 Å². The van der Waals surface area contributed by atoms with E-state index in [1.165, 1.54) is 24.3 Å². The van der Waals surface area contributed by atoms with Crippen LogP contribution < -0.4 is 10.5 Å². The molecule has 0 aliphatic heterocycles. The minimum absolute atomic E-state index is 0.263. The van der Waals surface area contributed by atoms with Crippen LogP contribution in [-0.4, -0.2) is 14.3 Å². The molecule has 2 aromatic rings. The Kier molecular flexibility index (Phi) is 5.25. The minimum Gasteiger partial charge on any atom is -0.323 e. The highest BCUT2D eigenvalue weighted by Gasteiger charge is 2.05. The van der Waals surface area contributed by atoms with Crippen molar-refractivity contribution in [3.63, 3.8) is 0 Å². The summed E-state index contributed by atoms with van der Waals surface area (Å²) in [4.78, 5) is 11.8. The first kappa shape index (κ1) is 16.9. The zero-order chi connectivity index (χ0) is 16.9. The van der Waals surface area contributed by atoms with Gasteiger partial charge in [0.05, 0.1) is 5.75 Å². The van der Waals surface area contributed by atoms with Crippen LogP contribution in [0.3, 0.4) is 0 Å². The van der Waals surface area contributed by atoms with E-state index < -0.39 is 10.0 Å². The molecule has 3 N–H and O–H groups in total. The molecule has 0 heterocycles. The number of sulfonamides is 1. The van der Waals surface area contributed by atoms with Crippen molar-refractivity contribution >= 4 is 27.7 Å². The lowest BCUT2D eigenvalue weighted by molar-refractivity contribution is -0.111. The molecule has 0 radical (unpaired) electrons. The van der Waals surface area contributed by atoms with Gasteiger partial charge in [-0.25, -0.2) is 17.9 Å². The lowest BCUT2D eigenvalue weighted by Gasteiger charge is -2.04. The third-order valence-electron chi connectivity index (χ3n) is 2.87. The van der Waals surface area contributed by atoms with Crippen molar-refractivity contribution in [1.82, 2.24) is 0 Å². The highest BCUT2D eigenvalue weighted by Crippen LogP contribution is 2.12. The maximum absolute atomic E-state index is 13.0. The Bertz CT molecular complexity index is 831. The van der Waals surface area contributed by atoms with Crippen LogP contribution in [-0.2, 0) is 20.6 Å². The van der Waals surface area contributed by atoms with Gasteiger partial charge in [-0.15, -0.1) is 0 Å². The third kappa shape index (κ3) is 6.01. The molecule has 0 spiro atoms. The molecule has 7 heteroatoms. The van der Waals surface area contributed by atoms with Crippen LogP contribution in [0.15, 0.2) is 54.6 Å². The fourth-order valence-corrected chi connectivity index (χ4v) is 2.54. The number of carbonyl (C=O) groups excluding carboxylic acids is 1. The van der Waals surface area contributed by atoms with Gasteiger partial charge in [0, 0.05) is 11.8 Å². The van der Waals surface area contributed by atoms with Crippen molar-refractivity contribution in [3.05, 3.63) is 71.6 Å². The van der Waals surface area contributed by atoms with Gasteiger partial charge in [-0.05, 0) is 41.5 Å². The molecule has 0 aliphatic rings. The number of primary sulfonamides is 1. The standard InChI is InChI=1S/C16H15FN2O3S/c17-14-3-1-2-12(10-14)6-9-16(20)19-15-7-4-13(5-8-15)11-23(18,21)22/h1-10H,11H2,(H,19,20)(H2,18,21,22)/b9-6+. The number of carbonyl (C=O) groups is 1. The molecule has 5 nitrogen and oxygen atoms in total. The first-order valence-corrected chi connectivity index (χ1v) is 8.37. The second-order valence-corrected chi connectivity index (χ2v) is 6.50. The number of halogens is 1. The van der Waals surface area contributed by atoms with E-state index in [0.717, 1.165) is 0 Å². The zero-order valence-electron chi connectivity index (χ0n) is 12.1. The summed E-state index contributed by atoms with van der Waals surface area (Å²) in [5.41, 5.74) is 1.61. The average Bonchev–Trinajstić information content (AvgIpc) is 2.46. The van der Waals surface area contributed by atoms with Crippen LogP contribution in [0.2, 0.25) is 0 Å². The number of nitrogens with two attached hydrogens (primary N) is 1. The third-order valence-corrected chi connectivity index (χ3v) is 3.60. The molecular formula is C16H15FN2O3S. The van der Waals surface area contributed by atoms with E-state index in [0.29, 0.717) is 16.8 Å². The molecule has 0 bridgehead atoms. The van der Waals surface area contributed by atoms with Crippen LogP contribution in [0.25, 0.3) is 6.08 Å². The van der Waals surface area contributed by atoms with E-state index >= 15 is 0 Å². The minimum atomic E-state index is -3.59. The van der Waals surface area contributed by atoms with Gasteiger partial charge in [0.2, 0.25) is 15.9 Å². The number of amides is 1. The van der Waals surface area contributed by atoms with Crippen molar-refractivity contribution in [2.45, 2.75) is 5.75 Å². The number of benzene rings is 2. The molecule has 2 rings (SSSR count). The van der Waals surface area contributed by atoms with Crippen LogP contribution in [0, 0.1) is 5.82 Å². The number of anilines is 1. The summed E-state index contributed by atoms with van der Waals surface area (Å²) in [5, 5.41) is 7.58. The largest absolute Gasteiger partial charge is 0.323 e. The van der Waals surface area contributed by atoms with Gasteiger partial charge < -0.3 is 5.32 Å². The second kappa shape index (κ2) is 7.17. The van der Waals surface area contributed by atoms with Crippen LogP contribution in [0.5, 0.6) is 0 Å². The Balaban J connectivity index is 1.97. The second-order valence-electron chi connectivity index (χ2n) is 4.88. The molecule has 120 valence electrons. The summed E-state index contributed by atoms with van der Waals surface area (Å²) >= 11 is 0. The Hall–Kier alpha value is -2.51. The number of hydrogen-bond acceptors (Lipinski definition) is 3. The molecule has 0 atom stereocenters. The molecule has 0 aliphatic carbocycles. The lowest BCUT2D eigenvalue weighted by atomic mass is 10.2. The van der Waals surface area contributed by atoms with Crippen molar-refractivity contribution in [1.29, 1.82) is 0 Å². The van der Waals surface area contributed by atoms with Gasteiger partial charge >= 0.3 is 0 Å². The van der Waals surface area contributed by atoms with Crippen molar-refractivity contribution in [2.24, 2.45) is 5.14 Å². The maximum Gasteiger partial charge on any atom is 0.248 e. The highest BCUT2D eigenvalue weighted by molar-refractivity contribution is 7.88. The van der Waals surface area contributed by atoms with E-state index in [-0.39, 0.29) is 17.5 Å². The highest BCUT2D eigenvalue weighted by atomic mass is 32.2. The predicted octanol–water partition coefficient (Wildman–Crippen LogP) is 2.27. The maximum atomic E-state index is 13.0. The molecule has 0 saturated heterocycles. The Morgan fingerprint density at radius 2 is 1.87 bits per heavy atom. The molecule has 23 heavy (non-hydrogen) atoms. The molecule has 0 unspecified atom stereocenters. The van der Waals surface area contributed by atoms with Gasteiger partial charge in [-0.1, -0.05) is 24.3 Å². The normalized spacial score (nSPS) is 11.6. The molecule has 0 aromatic heterocycles. The Labute approximate surface area is 133 Å². The molecular weight excluding hydrogens is 319 g/mol. The first-order chi connectivity index (χ1) is 10.8. The average molecular weight is 334 g/mol. The fraction of sp³-hybridized carbons (Fsp3) is 0.0625. The summed E-state index contributed by atoms with van der Waals surface area (Å²) < 4.78 is 35.0. The number of nitrogens with one attached hydrogen (secondary N) is 1. The SMILES string of the molecule is NS(=O)(=O)Cc1ccc(NC(=O)/C=C/c2cccc(F)c2)cc1. The first-order valence-electron chi connectivity index (χ1n) is 6.66. The fourth-order valence-electron chi connectivity index (χ4n) is 1.88. The summed E-state index contributed by atoms with van der Waals surface area (Å²) in [7, 11) is -3.59. The van der Waals surface area contributed by atoms with E-state index in [4.69, 9.17) is 5.14 Å². The van der Waals surface area contributed by atoms with Crippen LogP contribution in [0.1, 0.15) is 11.1 Å². The van der Waals surface area contributed by atoms with Gasteiger partial charge in [0.15, 0.2) is 0 Å². The molecule has 0 saturated carbocycles. The summed E-state index contributed by atoms with van der Waals surface area (Å²) in [6, 6.07) is 12.1. The number of hydrogen-bond donors (Lipinski definition) is 2. The van der Waals surface area contributed by atoms with Crippen LogP contribution in [0.4, 0.5) is 10.1 Å². The van der Waals surface area contributed by atoms with Crippen molar-refractivity contribution < 1.29 is 17.6 Å². The quantitative estimate of drug-likeness (QED) is 0.822. The smallest absolute Gasteiger partial charge is 0.248 e.